The Bertz CT molecular complexity index is 288. The summed E-state index contributed by atoms with van der Waals surface area (Å²) in [7, 11) is 0. The Balaban J connectivity index is 2.17. The van der Waals surface area contributed by atoms with Gasteiger partial charge < -0.3 is 9.84 Å². The summed E-state index contributed by atoms with van der Waals surface area (Å²) in [6.45, 7) is 7.26. The van der Waals surface area contributed by atoms with E-state index in [-0.39, 0.29) is 0 Å². The maximum Gasteiger partial charge on any atom is 0.324 e. The van der Waals surface area contributed by atoms with Gasteiger partial charge in [-0.1, -0.05) is 13.8 Å². The molecule has 0 bridgehead atoms. The van der Waals surface area contributed by atoms with Crippen LogP contribution in [0.5, 0.6) is 0 Å². The third kappa shape index (κ3) is 2.33. The number of rotatable bonds is 2. The molecule has 1 N–H and O–H groups in total. The molecule has 0 aromatic rings. The number of carboxylic acid groups (broad SMARTS) is 1. The fourth-order valence-corrected chi connectivity index (χ4v) is 3.19. The summed E-state index contributed by atoms with van der Waals surface area (Å²) in [5.74, 6) is 0.490. The van der Waals surface area contributed by atoms with Crippen LogP contribution in [0.4, 0.5) is 0 Å². The minimum Gasteiger partial charge on any atom is -0.480 e. The first-order valence-electron chi connectivity index (χ1n) is 6.62. The average Bonchev–Trinajstić information content (AvgIpc) is 2.33. The molecule has 1 aliphatic carbocycles. The van der Waals surface area contributed by atoms with Crippen molar-refractivity contribution < 1.29 is 14.6 Å². The van der Waals surface area contributed by atoms with Crippen LogP contribution < -0.4 is 0 Å². The van der Waals surface area contributed by atoms with E-state index >= 15 is 0 Å². The molecule has 2 rings (SSSR count). The van der Waals surface area contributed by atoms with Gasteiger partial charge in [0.1, 0.15) is 5.54 Å². The second-order valence-electron chi connectivity index (χ2n) is 5.63. The minimum absolute atomic E-state index is 0.489. The number of carboxylic acids is 1. The zero-order valence-electron chi connectivity index (χ0n) is 10.8. The summed E-state index contributed by atoms with van der Waals surface area (Å²) in [5.41, 5.74) is -0.629. The van der Waals surface area contributed by atoms with E-state index in [4.69, 9.17) is 4.74 Å². The molecular weight excluding hydrogens is 218 g/mol. The van der Waals surface area contributed by atoms with Crippen molar-refractivity contribution in [2.45, 2.75) is 38.6 Å². The van der Waals surface area contributed by atoms with Gasteiger partial charge in [0, 0.05) is 13.1 Å². The van der Waals surface area contributed by atoms with Crippen molar-refractivity contribution in [1.82, 2.24) is 4.90 Å². The SMILES string of the molecule is CC1CCC(C(=O)O)(N2CCOCC2)CC1C. The fraction of sp³-hybridized carbons (Fsp3) is 0.923. The monoisotopic (exact) mass is 241 g/mol. The smallest absolute Gasteiger partial charge is 0.324 e. The Kier molecular flexibility index (Phi) is 3.73. The summed E-state index contributed by atoms with van der Waals surface area (Å²) in [6.07, 6.45) is 2.59. The van der Waals surface area contributed by atoms with E-state index in [1.165, 1.54) is 0 Å². The van der Waals surface area contributed by atoms with Gasteiger partial charge in [0.15, 0.2) is 0 Å². The van der Waals surface area contributed by atoms with Crippen LogP contribution in [0.2, 0.25) is 0 Å². The van der Waals surface area contributed by atoms with E-state index in [9.17, 15) is 9.90 Å². The standard InChI is InChI=1S/C13H23NO3/c1-10-3-4-13(12(15)16,9-11(10)2)14-5-7-17-8-6-14/h10-11H,3-9H2,1-2H3,(H,15,16). The van der Waals surface area contributed by atoms with E-state index < -0.39 is 11.5 Å². The molecule has 0 radical (unpaired) electrons. The van der Waals surface area contributed by atoms with Gasteiger partial charge in [0.25, 0.3) is 0 Å². The Morgan fingerprint density at radius 2 is 1.94 bits per heavy atom. The Morgan fingerprint density at radius 3 is 2.47 bits per heavy atom. The van der Waals surface area contributed by atoms with Crippen molar-refractivity contribution in [2.75, 3.05) is 26.3 Å². The van der Waals surface area contributed by atoms with Gasteiger partial charge >= 0.3 is 5.97 Å². The van der Waals surface area contributed by atoms with Crippen LogP contribution in [0.1, 0.15) is 33.1 Å². The van der Waals surface area contributed by atoms with Crippen LogP contribution in [0, 0.1) is 11.8 Å². The molecule has 4 heteroatoms. The highest BCUT2D eigenvalue weighted by atomic mass is 16.5. The molecule has 1 aliphatic heterocycles. The van der Waals surface area contributed by atoms with Crippen molar-refractivity contribution in [3.63, 3.8) is 0 Å². The van der Waals surface area contributed by atoms with Gasteiger partial charge in [-0.25, -0.2) is 0 Å². The second kappa shape index (κ2) is 4.94. The Hall–Kier alpha value is -0.610. The molecule has 0 spiro atoms. The normalized spacial score (nSPS) is 40.1. The first kappa shape index (κ1) is 12.8. The van der Waals surface area contributed by atoms with Crippen LogP contribution in [0.3, 0.4) is 0 Å². The van der Waals surface area contributed by atoms with Gasteiger partial charge in [0.2, 0.25) is 0 Å². The molecule has 1 heterocycles. The predicted molar refractivity (Wildman–Crippen MR) is 64.9 cm³/mol. The maximum absolute atomic E-state index is 11.7. The second-order valence-corrected chi connectivity index (χ2v) is 5.63. The lowest BCUT2D eigenvalue weighted by Gasteiger charge is -2.48. The summed E-state index contributed by atoms with van der Waals surface area (Å²) >= 11 is 0. The molecule has 3 atom stereocenters. The fourth-order valence-electron chi connectivity index (χ4n) is 3.19. The molecule has 98 valence electrons. The summed E-state index contributed by atoms with van der Waals surface area (Å²) in [6, 6.07) is 0. The number of aliphatic carboxylic acids is 1. The van der Waals surface area contributed by atoms with E-state index in [1.807, 2.05) is 0 Å². The topological polar surface area (TPSA) is 49.8 Å². The van der Waals surface area contributed by atoms with Gasteiger partial charge in [0.05, 0.1) is 13.2 Å². The third-order valence-corrected chi connectivity index (χ3v) is 4.66. The van der Waals surface area contributed by atoms with Gasteiger partial charge in [-0.15, -0.1) is 0 Å². The zero-order valence-corrected chi connectivity index (χ0v) is 10.8. The molecular formula is C13H23NO3. The average molecular weight is 241 g/mol. The molecule has 0 aromatic carbocycles. The van der Waals surface area contributed by atoms with Gasteiger partial charge in [-0.05, 0) is 31.1 Å². The van der Waals surface area contributed by atoms with Crippen molar-refractivity contribution in [2.24, 2.45) is 11.8 Å². The molecule has 2 aliphatic rings. The lowest BCUT2D eigenvalue weighted by Crippen LogP contribution is -2.60. The van der Waals surface area contributed by atoms with Crippen LogP contribution in [-0.2, 0) is 9.53 Å². The number of ether oxygens (including phenoxy) is 1. The third-order valence-electron chi connectivity index (χ3n) is 4.66. The first-order valence-corrected chi connectivity index (χ1v) is 6.62. The molecule has 1 saturated carbocycles. The molecule has 0 aromatic heterocycles. The first-order chi connectivity index (χ1) is 8.06. The van der Waals surface area contributed by atoms with Crippen molar-refractivity contribution in [1.29, 1.82) is 0 Å². The highest BCUT2D eigenvalue weighted by Crippen LogP contribution is 2.40. The molecule has 1 saturated heterocycles. The molecule has 2 fully saturated rings. The summed E-state index contributed by atoms with van der Waals surface area (Å²) < 4.78 is 5.33. The highest BCUT2D eigenvalue weighted by Gasteiger charge is 2.48. The Labute approximate surface area is 103 Å². The molecule has 0 amide bonds. The van der Waals surface area contributed by atoms with E-state index in [0.29, 0.717) is 25.0 Å². The predicted octanol–water partition coefficient (Wildman–Crippen LogP) is 1.60. The van der Waals surface area contributed by atoms with Crippen molar-refractivity contribution in [3.8, 4) is 0 Å². The van der Waals surface area contributed by atoms with Crippen molar-refractivity contribution in [3.05, 3.63) is 0 Å². The zero-order chi connectivity index (χ0) is 12.5. The molecule has 3 unspecified atom stereocenters. The number of morpholine rings is 1. The lowest BCUT2D eigenvalue weighted by atomic mass is 9.70. The van der Waals surface area contributed by atoms with Gasteiger partial charge in [-0.2, -0.15) is 0 Å². The number of hydrogen-bond acceptors (Lipinski definition) is 3. The molecule has 4 nitrogen and oxygen atoms in total. The van der Waals surface area contributed by atoms with Crippen LogP contribution >= 0.6 is 0 Å². The quantitative estimate of drug-likeness (QED) is 0.797. The van der Waals surface area contributed by atoms with E-state index in [0.717, 1.165) is 32.4 Å². The number of hydrogen-bond donors (Lipinski definition) is 1. The largest absolute Gasteiger partial charge is 0.480 e. The maximum atomic E-state index is 11.7. The molecule has 17 heavy (non-hydrogen) atoms. The van der Waals surface area contributed by atoms with E-state index in [2.05, 4.69) is 18.7 Å². The lowest BCUT2D eigenvalue weighted by molar-refractivity contribution is -0.160. The van der Waals surface area contributed by atoms with Gasteiger partial charge in [-0.3, -0.25) is 9.69 Å². The van der Waals surface area contributed by atoms with Crippen LogP contribution in [0.15, 0.2) is 0 Å². The summed E-state index contributed by atoms with van der Waals surface area (Å²) in [5, 5.41) is 9.66. The Morgan fingerprint density at radius 1 is 1.29 bits per heavy atom. The number of carbonyl (C=O) groups is 1. The number of nitrogens with zero attached hydrogens (tertiary/aromatic N) is 1. The van der Waals surface area contributed by atoms with Crippen molar-refractivity contribution >= 4 is 5.97 Å². The van der Waals surface area contributed by atoms with E-state index in [1.54, 1.807) is 0 Å². The highest BCUT2D eigenvalue weighted by molar-refractivity contribution is 5.79. The van der Waals surface area contributed by atoms with Crippen LogP contribution in [0.25, 0.3) is 0 Å². The minimum atomic E-state index is -0.641. The summed E-state index contributed by atoms with van der Waals surface area (Å²) in [4.78, 5) is 13.9. The van der Waals surface area contributed by atoms with Crippen LogP contribution in [-0.4, -0.2) is 47.8 Å².